The van der Waals surface area contributed by atoms with Crippen molar-refractivity contribution in [2.75, 3.05) is 20.8 Å². The lowest BCUT2D eigenvalue weighted by Gasteiger charge is -2.39. The van der Waals surface area contributed by atoms with E-state index in [0.717, 1.165) is 49.0 Å². The predicted molar refractivity (Wildman–Crippen MR) is 151 cm³/mol. The fourth-order valence-corrected chi connectivity index (χ4v) is 6.10. The van der Waals surface area contributed by atoms with Gasteiger partial charge in [-0.25, -0.2) is 0 Å². The topological polar surface area (TPSA) is 93.1 Å². The number of benzene rings is 3. The number of piperidine rings is 1. The fraction of sp³-hybridized carbons (Fsp3) is 0.387. The lowest BCUT2D eigenvalue weighted by atomic mass is 9.79. The van der Waals surface area contributed by atoms with Crippen molar-refractivity contribution in [2.45, 2.75) is 50.6 Å². The molecule has 0 radical (unpaired) electrons. The molecule has 1 heterocycles. The normalized spacial score (nSPS) is 21.1. The quantitative estimate of drug-likeness (QED) is 0.399. The van der Waals surface area contributed by atoms with Crippen LogP contribution in [0, 0.1) is 18.8 Å². The first-order chi connectivity index (χ1) is 18.6. The number of methoxy groups -OCH3 is 2. The Morgan fingerprint density at radius 3 is 2.21 bits per heavy atom. The Hall–Kier alpha value is -3.20. The number of aryl methyl sites for hydroxylation is 1. The molecule has 1 fully saturated rings. The summed E-state index contributed by atoms with van der Waals surface area (Å²) in [5.41, 5.74) is 4.24. The second kappa shape index (κ2) is 12.3. The highest BCUT2D eigenvalue weighted by Crippen LogP contribution is 2.42. The van der Waals surface area contributed by atoms with Crippen LogP contribution in [0.4, 0.5) is 0 Å². The number of nitrogens with zero attached hydrogens (tertiary/aromatic N) is 1. The van der Waals surface area contributed by atoms with Gasteiger partial charge in [-0.3, -0.25) is 14.2 Å². The van der Waals surface area contributed by atoms with Gasteiger partial charge in [0.2, 0.25) is 0 Å². The highest BCUT2D eigenvalue weighted by atomic mass is 32.2. The molecule has 3 atom stereocenters. The van der Waals surface area contributed by atoms with Gasteiger partial charge < -0.3 is 9.47 Å². The number of ketones is 1. The number of hydrogen-bond donors (Lipinski definition) is 1. The van der Waals surface area contributed by atoms with E-state index in [1.807, 2.05) is 19.1 Å². The molecular weight excluding hydrogens is 514 g/mol. The Morgan fingerprint density at radius 2 is 1.62 bits per heavy atom. The highest BCUT2D eigenvalue weighted by molar-refractivity contribution is 7.85. The Bertz CT molecular complexity index is 1390. The first-order valence-electron chi connectivity index (χ1n) is 13.2. The van der Waals surface area contributed by atoms with Gasteiger partial charge in [0, 0.05) is 24.1 Å². The standard InChI is InChI=1S/C24H29NO3.C7H8O3S/c1-16-11-18(9-10-25(16)15-17-7-5-4-6-8-17)20-12-19-13-22(27-2)23(28-3)14-21(19)24(20)26;1-6-2-4-7(5-3-6)11(8,9)10/h4-8,13-14,16,18,20H,9-12,15H2,1-3H3;2-5H,1H3,(H,8,9,10). The molecule has 208 valence electrons. The number of fused-ring (bicyclic) bond motifs is 1. The minimum absolute atomic E-state index is 0.0666. The number of likely N-dealkylation sites (tertiary alicyclic amines) is 1. The molecule has 2 aliphatic rings. The molecule has 0 saturated carbocycles. The minimum atomic E-state index is -4.02. The number of hydrogen-bond acceptors (Lipinski definition) is 6. The van der Waals surface area contributed by atoms with Gasteiger partial charge in [-0.15, -0.1) is 0 Å². The molecule has 1 aliphatic heterocycles. The van der Waals surface area contributed by atoms with Crippen molar-refractivity contribution in [2.24, 2.45) is 11.8 Å². The number of rotatable bonds is 6. The molecule has 3 aromatic rings. The summed E-state index contributed by atoms with van der Waals surface area (Å²) in [7, 11) is -0.762. The molecule has 1 saturated heterocycles. The van der Waals surface area contributed by atoms with Crippen LogP contribution < -0.4 is 9.47 Å². The van der Waals surface area contributed by atoms with Crippen LogP contribution in [0.15, 0.2) is 71.6 Å². The number of carbonyl (C=O) groups excluding carboxylic acids is 1. The van der Waals surface area contributed by atoms with Crippen molar-refractivity contribution in [3.8, 4) is 11.5 Å². The van der Waals surface area contributed by atoms with Gasteiger partial charge in [0.25, 0.3) is 10.1 Å². The van der Waals surface area contributed by atoms with Crippen LogP contribution in [0.3, 0.4) is 0 Å². The molecule has 0 bridgehead atoms. The zero-order valence-corrected chi connectivity index (χ0v) is 23.8. The molecule has 1 N–H and O–H groups in total. The van der Waals surface area contributed by atoms with Crippen LogP contribution >= 0.6 is 0 Å². The van der Waals surface area contributed by atoms with Gasteiger partial charge in [-0.05, 0) is 81.0 Å². The molecule has 1 aliphatic carbocycles. The first kappa shape index (κ1) is 28.8. The van der Waals surface area contributed by atoms with Gasteiger partial charge >= 0.3 is 0 Å². The Balaban J connectivity index is 0.000000270. The van der Waals surface area contributed by atoms with Crippen molar-refractivity contribution < 1.29 is 27.2 Å². The van der Waals surface area contributed by atoms with E-state index in [2.05, 4.69) is 42.2 Å². The Labute approximate surface area is 231 Å². The van der Waals surface area contributed by atoms with Gasteiger partial charge in [0.15, 0.2) is 17.3 Å². The Kier molecular flexibility index (Phi) is 9.10. The summed E-state index contributed by atoms with van der Waals surface area (Å²) in [6.07, 6.45) is 2.98. The zero-order chi connectivity index (χ0) is 28.2. The van der Waals surface area contributed by atoms with Crippen LogP contribution in [0.5, 0.6) is 11.5 Å². The number of ether oxygens (including phenoxy) is 2. The summed E-state index contributed by atoms with van der Waals surface area (Å²) in [6.45, 7) is 6.18. The van der Waals surface area contributed by atoms with Gasteiger partial charge in [0.05, 0.1) is 19.1 Å². The van der Waals surface area contributed by atoms with Crippen LogP contribution in [-0.4, -0.2) is 50.5 Å². The first-order valence-corrected chi connectivity index (χ1v) is 14.7. The second-order valence-electron chi connectivity index (χ2n) is 10.4. The maximum atomic E-state index is 13.1. The average Bonchev–Trinajstić information content (AvgIpc) is 3.24. The third-order valence-electron chi connectivity index (χ3n) is 7.82. The smallest absolute Gasteiger partial charge is 0.294 e. The highest BCUT2D eigenvalue weighted by Gasteiger charge is 2.40. The van der Waals surface area contributed by atoms with Crippen molar-refractivity contribution in [1.29, 1.82) is 0 Å². The zero-order valence-electron chi connectivity index (χ0n) is 23.0. The summed E-state index contributed by atoms with van der Waals surface area (Å²) < 4.78 is 40.4. The van der Waals surface area contributed by atoms with Crippen LogP contribution in [0.1, 0.15) is 46.8 Å². The van der Waals surface area contributed by atoms with E-state index in [9.17, 15) is 13.2 Å². The van der Waals surface area contributed by atoms with Crippen molar-refractivity contribution in [3.63, 3.8) is 0 Å². The van der Waals surface area contributed by atoms with Crippen LogP contribution in [0.25, 0.3) is 0 Å². The summed E-state index contributed by atoms with van der Waals surface area (Å²) >= 11 is 0. The molecule has 0 aromatic heterocycles. The second-order valence-corrected chi connectivity index (χ2v) is 11.8. The minimum Gasteiger partial charge on any atom is -0.493 e. The molecule has 39 heavy (non-hydrogen) atoms. The van der Waals surface area contributed by atoms with E-state index in [-0.39, 0.29) is 16.6 Å². The van der Waals surface area contributed by atoms with E-state index in [1.54, 1.807) is 26.4 Å². The van der Waals surface area contributed by atoms with E-state index in [0.29, 0.717) is 23.5 Å². The Morgan fingerprint density at radius 1 is 0.974 bits per heavy atom. The lowest BCUT2D eigenvalue weighted by Crippen LogP contribution is -2.42. The molecule has 5 rings (SSSR count). The largest absolute Gasteiger partial charge is 0.493 e. The average molecular weight is 552 g/mol. The predicted octanol–water partition coefficient (Wildman–Crippen LogP) is 5.60. The summed E-state index contributed by atoms with van der Waals surface area (Å²) in [6, 6.07) is 21.0. The van der Waals surface area contributed by atoms with Crippen LogP contribution in [-0.2, 0) is 23.1 Å². The molecule has 3 unspecified atom stereocenters. The molecular formula is C31H37NO6S. The van der Waals surface area contributed by atoms with Crippen molar-refractivity contribution in [3.05, 3.63) is 89.0 Å². The number of Topliss-reactive ketones (excluding diaryl/α,β-unsaturated/α-hetero) is 1. The van der Waals surface area contributed by atoms with E-state index in [4.69, 9.17) is 14.0 Å². The summed E-state index contributed by atoms with van der Waals surface area (Å²) in [4.78, 5) is 15.6. The maximum Gasteiger partial charge on any atom is 0.294 e. The number of carbonyl (C=O) groups is 1. The van der Waals surface area contributed by atoms with Gasteiger partial charge in [0.1, 0.15) is 0 Å². The summed E-state index contributed by atoms with van der Waals surface area (Å²) in [5, 5.41) is 0. The monoisotopic (exact) mass is 551 g/mol. The molecule has 8 heteroatoms. The molecule has 0 amide bonds. The molecule has 7 nitrogen and oxygen atoms in total. The van der Waals surface area contributed by atoms with Crippen molar-refractivity contribution >= 4 is 15.9 Å². The third-order valence-corrected chi connectivity index (χ3v) is 8.69. The maximum absolute atomic E-state index is 13.1. The van der Waals surface area contributed by atoms with E-state index in [1.165, 1.54) is 17.7 Å². The molecule has 0 spiro atoms. The molecule has 3 aromatic carbocycles. The van der Waals surface area contributed by atoms with E-state index >= 15 is 0 Å². The summed E-state index contributed by atoms with van der Waals surface area (Å²) in [5.74, 6) is 2.17. The van der Waals surface area contributed by atoms with Gasteiger partial charge in [-0.1, -0.05) is 48.0 Å². The third kappa shape index (κ3) is 6.87. The fourth-order valence-electron chi connectivity index (χ4n) is 5.62. The van der Waals surface area contributed by atoms with Crippen molar-refractivity contribution in [1.82, 2.24) is 4.90 Å². The van der Waals surface area contributed by atoms with E-state index < -0.39 is 10.1 Å². The van der Waals surface area contributed by atoms with Gasteiger partial charge in [-0.2, -0.15) is 8.42 Å². The lowest BCUT2D eigenvalue weighted by molar-refractivity contribution is 0.0701. The SMILES string of the molecule is COc1cc2c(cc1OC)C(=O)C(C1CCN(Cc3ccccc3)C(C)C1)C2.Cc1ccc(S(=O)(=O)O)cc1. The van der Waals surface area contributed by atoms with Crippen LogP contribution in [0.2, 0.25) is 0 Å².